The van der Waals surface area contributed by atoms with E-state index in [-0.39, 0.29) is 33.8 Å². The fourth-order valence-corrected chi connectivity index (χ4v) is 0. The molecule has 0 rings (SSSR count). The van der Waals surface area contributed by atoms with E-state index in [0.29, 0.717) is 0 Å². The van der Waals surface area contributed by atoms with Crippen molar-refractivity contribution in [2.24, 2.45) is 0 Å². The summed E-state index contributed by atoms with van der Waals surface area (Å²) in [6, 6.07) is 0. The van der Waals surface area contributed by atoms with Gasteiger partial charge in [0.15, 0.2) is 0 Å². The van der Waals surface area contributed by atoms with Gasteiger partial charge in [0.2, 0.25) is 0 Å². The van der Waals surface area contributed by atoms with Crippen LogP contribution in [0.4, 0.5) is 0 Å². The monoisotopic (exact) mass is 189 g/mol. The van der Waals surface area contributed by atoms with Gasteiger partial charge in [-0.05, 0) is 0 Å². The van der Waals surface area contributed by atoms with Crippen LogP contribution in [0.5, 0.6) is 0 Å². The first-order chi connectivity index (χ1) is 1.00. The zero-order valence-electron chi connectivity index (χ0n) is 1.45. The molecule has 0 aromatic heterocycles. The van der Waals surface area contributed by atoms with Crippen molar-refractivity contribution in [2.75, 3.05) is 0 Å². The summed E-state index contributed by atoms with van der Waals surface area (Å²) in [7, 11) is 0. The van der Waals surface area contributed by atoms with Crippen LogP contribution in [0.15, 0.2) is 0 Å². The van der Waals surface area contributed by atoms with Crippen molar-refractivity contribution in [3.8, 4) is 0 Å². The van der Waals surface area contributed by atoms with Crippen molar-refractivity contribution >= 4 is 0 Å². The normalized spacial score (nSPS) is 1.25. The SMILES string of the molecule is [Co].[Mn].[O]=[Co]. The molecule has 0 saturated heterocycles. The summed E-state index contributed by atoms with van der Waals surface area (Å²) < 4.78 is 7.94. The maximum atomic E-state index is 7.94. The molecule has 0 spiro atoms. The molecule has 0 bridgehead atoms. The van der Waals surface area contributed by atoms with E-state index in [0.717, 1.165) is 0 Å². The van der Waals surface area contributed by atoms with Crippen molar-refractivity contribution in [3.05, 3.63) is 0 Å². The van der Waals surface area contributed by atoms with Gasteiger partial charge in [0, 0.05) is 33.8 Å². The van der Waals surface area contributed by atoms with Gasteiger partial charge < -0.3 is 0 Å². The number of hydrogen-bond acceptors (Lipinski definition) is 1. The predicted molar refractivity (Wildman–Crippen MR) is 0.686 cm³/mol. The Balaban J connectivity index is -0.00000000500. The Morgan fingerprint density at radius 1 is 1.25 bits per heavy atom. The first-order valence-electron chi connectivity index (χ1n) is 0.136. The molecule has 0 aromatic carbocycles. The second-order valence-corrected chi connectivity index (χ2v) is 0. The molecule has 0 atom stereocenters. The molecule has 4 heteroatoms. The summed E-state index contributed by atoms with van der Waals surface area (Å²) in [5.41, 5.74) is 0. The average molecular weight is 189 g/mol. The molecule has 31 valence electrons. The molecule has 0 saturated carbocycles. The molecular weight excluding hydrogens is 189 g/mol. The van der Waals surface area contributed by atoms with Crippen LogP contribution in [-0.2, 0) is 53.4 Å². The maximum absolute atomic E-state index is 7.94. The predicted octanol–water partition coefficient (Wildman–Crippen LogP) is -0.126. The third-order valence-electron chi connectivity index (χ3n) is 0. The van der Waals surface area contributed by atoms with Gasteiger partial charge in [0.25, 0.3) is 0 Å². The quantitative estimate of drug-likeness (QED) is 0.485. The van der Waals surface area contributed by atoms with E-state index >= 15 is 0 Å². The Hall–Kier alpha value is 1.33. The van der Waals surface area contributed by atoms with Gasteiger partial charge in [-0.1, -0.05) is 0 Å². The topological polar surface area (TPSA) is 17.1 Å². The van der Waals surface area contributed by atoms with Crippen molar-refractivity contribution in [1.82, 2.24) is 0 Å². The number of hydrogen-bond donors (Lipinski definition) is 0. The molecule has 1 nitrogen and oxygen atoms in total. The molecule has 2 radical (unpaired) electrons. The fourth-order valence-electron chi connectivity index (χ4n) is 0. The van der Waals surface area contributed by atoms with E-state index in [4.69, 9.17) is 3.87 Å². The van der Waals surface area contributed by atoms with E-state index < -0.39 is 0 Å². The van der Waals surface area contributed by atoms with Crippen molar-refractivity contribution in [3.63, 3.8) is 0 Å². The molecule has 0 aromatic rings. The summed E-state index contributed by atoms with van der Waals surface area (Å²) in [6.45, 7) is 0. The van der Waals surface area contributed by atoms with Gasteiger partial charge in [-0.25, -0.2) is 0 Å². The van der Waals surface area contributed by atoms with Gasteiger partial charge in [-0.3, -0.25) is 0 Å². The molecule has 0 unspecified atom stereocenters. The van der Waals surface area contributed by atoms with Gasteiger partial charge in [0.1, 0.15) is 0 Å². The van der Waals surface area contributed by atoms with E-state index in [9.17, 15) is 0 Å². The second-order valence-electron chi connectivity index (χ2n) is 0. The van der Waals surface area contributed by atoms with Crippen LogP contribution in [0.2, 0.25) is 0 Å². The van der Waals surface area contributed by atoms with E-state index in [1.165, 1.54) is 0 Å². The summed E-state index contributed by atoms with van der Waals surface area (Å²) in [5.74, 6) is 0. The molecular formula is Co2MnO. The van der Waals surface area contributed by atoms with Gasteiger partial charge >= 0.3 is 19.5 Å². The number of rotatable bonds is 0. The van der Waals surface area contributed by atoms with Crippen molar-refractivity contribution in [1.29, 1.82) is 0 Å². The van der Waals surface area contributed by atoms with Crippen LogP contribution in [0.1, 0.15) is 0 Å². The van der Waals surface area contributed by atoms with E-state index in [1.54, 1.807) is 0 Å². The Morgan fingerprint density at radius 3 is 1.25 bits per heavy atom. The summed E-state index contributed by atoms with van der Waals surface area (Å²) >= 11 is 2.31. The third kappa shape index (κ3) is 10.2. The van der Waals surface area contributed by atoms with Crippen LogP contribution in [0.25, 0.3) is 0 Å². The minimum atomic E-state index is 0. The molecule has 0 aliphatic rings. The molecule has 0 N–H and O–H groups in total. The van der Waals surface area contributed by atoms with Crippen LogP contribution in [0.3, 0.4) is 0 Å². The Kier molecular flexibility index (Phi) is 125. The molecule has 0 fully saturated rings. The Bertz CT molecular complexity index is 6.00. The standard InChI is InChI=1S/2Co.Mn.O. The summed E-state index contributed by atoms with van der Waals surface area (Å²) in [6.07, 6.45) is 0. The average Bonchev–Trinajstić information content (AvgIpc) is 1.00. The van der Waals surface area contributed by atoms with Crippen LogP contribution >= 0.6 is 0 Å². The third-order valence-corrected chi connectivity index (χ3v) is 0. The van der Waals surface area contributed by atoms with E-state index in [1.807, 2.05) is 0 Å². The second kappa shape index (κ2) is 27.1. The van der Waals surface area contributed by atoms with E-state index in [2.05, 4.69) is 15.7 Å². The summed E-state index contributed by atoms with van der Waals surface area (Å²) in [4.78, 5) is 0. The fraction of sp³-hybridized carbons (Fsp3) is 0. The molecule has 0 heterocycles. The van der Waals surface area contributed by atoms with Gasteiger partial charge in [-0.2, -0.15) is 0 Å². The first-order valence-corrected chi connectivity index (χ1v) is 0.561. The molecule has 0 aliphatic heterocycles. The van der Waals surface area contributed by atoms with Crippen molar-refractivity contribution in [2.45, 2.75) is 0 Å². The zero-order valence-corrected chi connectivity index (χ0v) is 4.72. The Labute approximate surface area is 53.4 Å². The van der Waals surface area contributed by atoms with Crippen LogP contribution < -0.4 is 0 Å². The molecule has 0 amide bonds. The van der Waals surface area contributed by atoms with Crippen molar-refractivity contribution < 1.29 is 53.4 Å². The minimum absolute atomic E-state index is 0. The van der Waals surface area contributed by atoms with Crippen LogP contribution in [0, 0.1) is 0 Å². The Morgan fingerprint density at radius 2 is 1.25 bits per heavy atom. The van der Waals surface area contributed by atoms with Gasteiger partial charge in [0.05, 0.1) is 0 Å². The molecule has 0 aliphatic carbocycles. The zero-order chi connectivity index (χ0) is 2.00. The first kappa shape index (κ1) is 18.4. The van der Waals surface area contributed by atoms with Gasteiger partial charge in [-0.15, -0.1) is 0 Å². The van der Waals surface area contributed by atoms with Crippen LogP contribution in [-0.4, -0.2) is 0 Å². The molecule has 4 heavy (non-hydrogen) atoms. The summed E-state index contributed by atoms with van der Waals surface area (Å²) in [5, 5.41) is 0.